The molecule has 4 heteroatoms. The molecule has 1 unspecified atom stereocenters. The van der Waals surface area contributed by atoms with E-state index in [4.69, 9.17) is 15.1 Å². The lowest BCUT2D eigenvalue weighted by atomic mass is 9.99. The van der Waals surface area contributed by atoms with Crippen LogP contribution < -0.4 is 4.74 Å². The first-order chi connectivity index (χ1) is 7.13. The fraction of sp³-hybridized carbons (Fsp3) is 0.364. The van der Waals surface area contributed by atoms with Gasteiger partial charge in [0.15, 0.2) is 11.5 Å². The molecule has 1 aromatic carbocycles. The molecule has 0 spiro atoms. The van der Waals surface area contributed by atoms with Crippen LogP contribution in [0.25, 0.3) is 0 Å². The van der Waals surface area contributed by atoms with Gasteiger partial charge in [0, 0.05) is 12.5 Å². The molecule has 0 bridgehead atoms. The molecule has 80 valence electrons. The molecule has 2 N–H and O–H groups in total. The Morgan fingerprint density at radius 1 is 1.53 bits per heavy atom. The molecule has 0 radical (unpaired) electrons. The minimum Gasteiger partial charge on any atom is -0.504 e. The highest BCUT2D eigenvalue weighted by molar-refractivity contribution is 5.54. The van der Waals surface area contributed by atoms with Crippen molar-refractivity contribution < 1.29 is 14.9 Å². The van der Waals surface area contributed by atoms with Crippen LogP contribution in [0.3, 0.4) is 0 Å². The lowest BCUT2D eigenvalue weighted by Gasteiger charge is -2.12. The van der Waals surface area contributed by atoms with Crippen molar-refractivity contribution in [2.75, 3.05) is 13.7 Å². The van der Waals surface area contributed by atoms with Gasteiger partial charge in [-0.2, -0.15) is 5.26 Å². The maximum atomic E-state index is 9.59. The Hall–Kier alpha value is -1.73. The van der Waals surface area contributed by atoms with Crippen molar-refractivity contribution in [3.05, 3.63) is 23.3 Å². The van der Waals surface area contributed by atoms with E-state index in [2.05, 4.69) is 0 Å². The van der Waals surface area contributed by atoms with Crippen molar-refractivity contribution >= 4 is 0 Å². The Labute approximate surface area is 88.4 Å². The molecular formula is C11H13NO3. The molecule has 0 aromatic heterocycles. The highest BCUT2D eigenvalue weighted by Crippen LogP contribution is 2.33. The van der Waals surface area contributed by atoms with Gasteiger partial charge in [0.1, 0.15) is 6.07 Å². The van der Waals surface area contributed by atoms with E-state index >= 15 is 0 Å². The average molecular weight is 207 g/mol. The molecule has 1 rings (SSSR count). The third-order valence-corrected chi connectivity index (χ3v) is 2.26. The fourth-order valence-electron chi connectivity index (χ4n) is 1.32. The molecule has 0 saturated carbocycles. The molecule has 0 aliphatic carbocycles. The minimum absolute atomic E-state index is 0.0311. The summed E-state index contributed by atoms with van der Waals surface area (Å²) in [7, 11) is 1.39. The fourth-order valence-corrected chi connectivity index (χ4v) is 1.32. The van der Waals surface area contributed by atoms with Crippen LogP contribution in [0, 0.1) is 11.3 Å². The first-order valence-electron chi connectivity index (χ1n) is 4.55. The van der Waals surface area contributed by atoms with Gasteiger partial charge >= 0.3 is 0 Å². The number of hydrogen-bond acceptors (Lipinski definition) is 4. The maximum absolute atomic E-state index is 9.59. The quantitative estimate of drug-likeness (QED) is 0.785. The van der Waals surface area contributed by atoms with E-state index in [-0.39, 0.29) is 29.6 Å². The number of aromatic hydroxyl groups is 1. The molecule has 0 heterocycles. The van der Waals surface area contributed by atoms with Crippen molar-refractivity contribution in [2.24, 2.45) is 0 Å². The Kier molecular flexibility index (Phi) is 3.53. The van der Waals surface area contributed by atoms with E-state index in [9.17, 15) is 5.11 Å². The molecule has 0 amide bonds. The molecule has 1 atom stereocenters. The zero-order valence-corrected chi connectivity index (χ0v) is 8.69. The number of rotatable bonds is 3. The standard InChI is InChI=1S/C11H13NO3/c1-7(6-13)8-3-9(5-12)11(15-2)10(14)4-8/h3-4,7,13-14H,6H2,1-2H3. The molecular weight excluding hydrogens is 194 g/mol. The maximum Gasteiger partial charge on any atom is 0.178 e. The van der Waals surface area contributed by atoms with Gasteiger partial charge in [0.05, 0.1) is 12.7 Å². The summed E-state index contributed by atoms with van der Waals surface area (Å²) in [6.07, 6.45) is 0. The summed E-state index contributed by atoms with van der Waals surface area (Å²) in [5.41, 5.74) is 0.986. The Morgan fingerprint density at radius 2 is 2.20 bits per heavy atom. The Bertz CT molecular complexity index is 396. The van der Waals surface area contributed by atoms with Crippen molar-refractivity contribution in [2.45, 2.75) is 12.8 Å². The monoisotopic (exact) mass is 207 g/mol. The van der Waals surface area contributed by atoms with Crippen molar-refractivity contribution in [3.63, 3.8) is 0 Å². The summed E-state index contributed by atoms with van der Waals surface area (Å²) in [6.45, 7) is 1.78. The summed E-state index contributed by atoms with van der Waals surface area (Å²) < 4.78 is 4.90. The van der Waals surface area contributed by atoms with Crippen LogP contribution in [0.2, 0.25) is 0 Å². The third kappa shape index (κ3) is 2.20. The number of ether oxygens (including phenoxy) is 1. The van der Waals surface area contributed by atoms with Crippen LogP contribution in [-0.4, -0.2) is 23.9 Å². The van der Waals surface area contributed by atoms with Crippen LogP contribution in [0.5, 0.6) is 11.5 Å². The Balaban J connectivity index is 3.27. The second kappa shape index (κ2) is 4.67. The Morgan fingerprint density at radius 3 is 2.67 bits per heavy atom. The second-order valence-electron chi connectivity index (χ2n) is 3.32. The molecule has 1 aromatic rings. The van der Waals surface area contributed by atoms with Gasteiger partial charge in [-0.05, 0) is 17.7 Å². The smallest absolute Gasteiger partial charge is 0.178 e. The van der Waals surface area contributed by atoms with Crippen LogP contribution in [-0.2, 0) is 0 Å². The van der Waals surface area contributed by atoms with Gasteiger partial charge in [0.2, 0.25) is 0 Å². The van der Waals surface area contributed by atoms with E-state index in [1.54, 1.807) is 6.07 Å². The first-order valence-corrected chi connectivity index (χ1v) is 4.55. The van der Waals surface area contributed by atoms with E-state index < -0.39 is 0 Å². The number of phenols is 1. The largest absolute Gasteiger partial charge is 0.504 e. The summed E-state index contributed by atoms with van der Waals surface area (Å²) in [6, 6.07) is 5.05. The van der Waals surface area contributed by atoms with Crippen LogP contribution in [0.1, 0.15) is 24.0 Å². The van der Waals surface area contributed by atoms with E-state index in [1.165, 1.54) is 13.2 Å². The number of nitrogens with zero attached hydrogens (tertiary/aromatic N) is 1. The zero-order chi connectivity index (χ0) is 11.4. The highest BCUT2D eigenvalue weighted by Gasteiger charge is 2.13. The predicted molar refractivity (Wildman–Crippen MR) is 54.9 cm³/mol. The SMILES string of the molecule is COc1c(O)cc(C(C)CO)cc1C#N. The third-order valence-electron chi connectivity index (χ3n) is 2.26. The normalized spacial score (nSPS) is 11.9. The number of hydrogen-bond donors (Lipinski definition) is 2. The van der Waals surface area contributed by atoms with Crippen molar-refractivity contribution in [1.29, 1.82) is 5.26 Å². The molecule has 0 fully saturated rings. The lowest BCUT2D eigenvalue weighted by Crippen LogP contribution is -2.00. The van der Waals surface area contributed by atoms with Crippen molar-refractivity contribution in [1.82, 2.24) is 0 Å². The number of aliphatic hydroxyl groups excluding tert-OH is 1. The summed E-state index contributed by atoms with van der Waals surface area (Å²) >= 11 is 0. The summed E-state index contributed by atoms with van der Waals surface area (Å²) in [5.74, 6) is -0.0212. The number of aliphatic hydroxyl groups is 1. The van der Waals surface area contributed by atoms with Crippen LogP contribution >= 0.6 is 0 Å². The number of nitriles is 1. The zero-order valence-electron chi connectivity index (χ0n) is 8.69. The molecule has 15 heavy (non-hydrogen) atoms. The number of methoxy groups -OCH3 is 1. The molecule has 0 saturated heterocycles. The molecule has 0 aliphatic rings. The van der Waals surface area contributed by atoms with E-state index in [0.29, 0.717) is 5.56 Å². The topological polar surface area (TPSA) is 73.5 Å². The van der Waals surface area contributed by atoms with E-state index in [1.807, 2.05) is 13.0 Å². The van der Waals surface area contributed by atoms with Crippen LogP contribution in [0.4, 0.5) is 0 Å². The van der Waals surface area contributed by atoms with E-state index in [0.717, 1.165) is 0 Å². The molecule has 0 aliphatic heterocycles. The summed E-state index contributed by atoms with van der Waals surface area (Å²) in [5, 5.41) is 27.4. The van der Waals surface area contributed by atoms with Gasteiger partial charge in [0.25, 0.3) is 0 Å². The van der Waals surface area contributed by atoms with Gasteiger partial charge in [-0.25, -0.2) is 0 Å². The van der Waals surface area contributed by atoms with Gasteiger partial charge in [-0.15, -0.1) is 0 Å². The van der Waals surface area contributed by atoms with Gasteiger partial charge in [-0.3, -0.25) is 0 Å². The lowest BCUT2D eigenvalue weighted by molar-refractivity contribution is 0.272. The first kappa shape index (κ1) is 11.3. The van der Waals surface area contributed by atoms with Crippen LogP contribution in [0.15, 0.2) is 12.1 Å². The average Bonchev–Trinajstić information content (AvgIpc) is 2.26. The second-order valence-corrected chi connectivity index (χ2v) is 3.32. The highest BCUT2D eigenvalue weighted by atomic mass is 16.5. The number of phenolic OH excluding ortho intramolecular Hbond substituents is 1. The summed E-state index contributed by atoms with van der Waals surface area (Å²) in [4.78, 5) is 0. The van der Waals surface area contributed by atoms with Gasteiger partial charge in [-0.1, -0.05) is 6.92 Å². The van der Waals surface area contributed by atoms with Crippen molar-refractivity contribution in [3.8, 4) is 17.6 Å². The van der Waals surface area contributed by atoms with Gasteiger partial charge < -0.3 is 14.9 Å². The predicted octanol–water partition coefficient (Wildman–Crippen LogP) is 1.37. The molecule has 4 nitrogen and oxygen atoms in total. The minimum atomic E-state index is -0.117. The number of benzene rings is 1.